The van der Waals surface area contributed by atoms with E-state index in [2.05, 4.69) is 34.5 Å². The third-order valence-corrected chi connectivity index (χ3v) is 5.48. The van der Waals surface area contributed by atoms with E-state index in [4.69, 9.17) is 0 Å². The van der Waals surface area contributed by atoms with Crippen molar-refractivity contribution in [3.63, 3.8) is 0 Å². The number of carbonyl (C=O) groups is 1. The number of hydrogen-bond acceptors (Lipinski definition) is 3. The van der Waals surface area contributed by atoms with Crippen LogP contribution in [0.3, 0.4) is 0 Å². The topological polar surface area (TPSA) is 32.3 Å². The van der Waals surface area contributed by atoms with E-state index in [0.717, 1.165) is 22.6 Å². The first-order chi connectivity index (χ1) is 12.3. The molecule has 4 heteroatoms. The van der Waals surface area contributed by atoms with Gasteiger partial charge in [0.1, 0.15) is 0 Å². The Morgan fingerprint density at radius 3 is 2.40 bits per heavy atom. The maximum absolute atomic E-state index is 12.4. The zero-order valence-corrected chi connectivity index (χ0v) is 15.6. The molecule has 0 saturated carbocycles. The quantitative estimate of drug-likeness (QED) is 0.784. The molecule has 1 aliphatic heterocycles. The minimum atomic E-state index is -0.0117. The van der Waals surface area contributed by atoms with Crippen LogP contribution in [0, 0.1) is 0 Å². The van der Waals surface area contributed by atoms with Crippen molar-refractivity contribution >= 4 is 17.7 Å². The van der Waals surface area contributed by atoms with Gasteiger partial charge in [0.2, 0.25) is 0 Å². The summed E-state index contributed by atoms with van der Waals surface area (Å²) in [4.78, 5) is 15.9. The van der Waals surface area contributed by atoms with Crippen molar-refractivity contribution in [3.05, 3.63) is 65.2 Å². The van der Waals surface area contributed by atoms with Crippen molar-refractivity contribution in [1.29, 1.82) is 0 Å². The Morgan fingerprint density at radius 1 is 1.00 bits per heavy atom. The number of rotatable bonds is 6. The molecule has 1 fully saturated rings. The van der Waals surface area contributed by atoms with Crippen LogP contribution in [0.1, 0.15) is 40.7 Å². The van der Waals surface area contributed by atoms with Gasteiger partial charge < -0.3 is 5.32 Å². The Morgan fingerprint density at radius 2 is 1.68 bits per heavy atom. The molecular formula is C21H26N2OS. The first-order valence-corrected chi connectivity index (χ1v) is 10.2. The largest absolute Gasteiger partial charge is 0.348 e. The summed E-state index contributed by atoms with van der Waals surface area (Å²) in [6, 6.07) is 16.4. The number of benzene rings is 2. The van der Waals surface area contributed by atoms with Crippen LogP contribution >= 0.6 is 11.8 Å². The van der Waals surface area contributed by atoms with E-state index in [9.17, 15) is 4.79 Å². The number of carbonyl (C=O) groups excluding carboxylic acids is 1. The van der Waals surface area contributed by atoms with Gasteiger partial charge in [0, 0.05) is 18.0 Å². The Balaban J connectivity index is 1.53. The van der Waals surface area contributed by atoms with E-state index in [1.54, 1.807) is 11.8 Å². The van der Waals surface area contributed by atoms with Gasteiger partial charge in [0.05, 0.1) is 5.56 Å². The van der Waals surface area contributed by atoms with Crippen LogP contribution in [-0.2, 0) is 13.1 Å². The minimum absolute atomic E-state index is 0.0117. The fraction of sp³-hybridized carbons (Fsp3) is 0.381. The number of piperidine rings is 1. The van der Waals surface area contributed by atoms with Gasteiger partial charge in [-0.1, -0.05) is 42.8 Å². The molecule has 25 heavy (non-hydrogen) atoms. The number of nitrogens with zero attached hydrogens (tertiary/aromatic N) is 1. The smallest absolute Gasteiger partial charge is 0.252 e. The second-order valence-electron chi connectivity index (χ2n) is 6.54. The molecule has 3 rings (SSSR count). The summed E-state index contributed by atoms with van der Waals surface area (Å²) in [5.41, 5.74) is 3.24. The molecule has 0 bridgehead atoms. The van der Waals surface area contributed by atoms with Gasteiger partial charge in [0.15, 0.2) is 0 Å². The average molecular weight is 355 g/mol. The van der Waals surface area contributed by atoms with E-state index in [1.807, 2.05) is 30.5 Å². The van der Waals surface area contributed by atoms with Crippen LogP contribution < -0.4 is 5.32 Å². The second-order valence-corrected chi connectivity index (χ2v) is 7.38. The highest BCUT2D eigenvalue weighted by Crippen LogP contribution is 2.20. The second kappa shape index (κ2) is 9.07. The number of nitrogens with one attached hydrogen (secondary N) is 1. The predicted octanol–water partition coefficient (Wildman–Crippen LogP) is 4.32. The van der Waals surface area contributed by atoms with Gasteiger partial charge in [-0.15, -0.1) is 11.8 Å². The van der Waals surface area contributed by atoms with E-state index >= 15 is 0 Å². The minimum Gasteiger partial charge on any atom is -0.348 e. The molecule has 0 spiro atoms. The maximum Gasteiger partial charge on any atom is 0.252 e. The molecule has 0 radical (unpaired) electrons. The van der Waals surface area contributed by atoms with Crippen LogP contribution in [0.2, 0.25) is 0 Å². The molecule has 1 aliphatic rings. The molecule has 2 aromatic rings. The molecule has 1 heterocycles. The summed E-state index contributed by atoms with van der Waals surface area (Å²) in [5, 5.41) is 3.03. The molecule has 132 valence electrons. The van der Waals surface area contributed by atoms with Crippen LogP contribution in [0.5, 0.6) is 0 Å². The SMILES string of the molecule is CSc1ccccc1C(=O)NCc1ccc(CN2CCCCC2)cc1. The van der Waals surface area contributed by atoms with Crippen molar-refractivity contribution < 1.29 is 4.79 Å². The lowest BCUT2D eigenvalue weighted by Crippen LogP contribution is -2.29. The van der Waals surface area contributed by atoms with Gasteiger partial charge in [-0.25, -0.2) is 0 Å². The summed E-state index contributed by atoms with van der Waals surface area (Å²) >= 11 is 1.60. The summed E-state index contributed by atoms with van der Waals surface area (Å²) in [5.74, 6) is -0.0117. The fourth-order valence-corrected chi connectivity index (χ4v) is 3.84. The van der Waals surface area contributed by atoms with Gasteiger partial charge in [0.25, 0.3) is 5.91 Å². The van der Waals surface area contributed by atoms with Crippen LogP contribution in [0.15, 0.2) is 53.4 Å². The third-order valence-electron chi connectivity index (χ3n) is 4.68. The molecule has 1 amide bonds. The van der Waals surface area contributed by atoms with Crippen molar-refractivity contribution in [1.82, 2.24) is 10.2 Å². The lowest BCUT2D eigenvalue weighted by molar-refractivity contribution is 0.0948. The van der Waals surface area contributed by atoms with Gasteiger partial charge in [-0.3, -0.25) is 9.69 Å². The Hall–Kier alpha value is -1.78. The Kier molecular flexibility index (Phi) is 6.54. The standard InChI is InChI=1S/C21H26N2OS/c1-25-20-8-4-3-7-19(20)21(24)22-15-17-9-11-18(12-10-17)16-23-13-5-2-6-14-23/h3-4,7-12H,2,5-6,13-16H2,1H3,(H,22,24). The van der Waals surface area contributed by atoms with E-state index in [1.165, 1.54) is 37.9 Å². The highest BCUT2D eigenvalue weighted by atomic mass is 32.2. The Labute approximate surface area is 154 Å². The number of amides is 1. The molecular weight excluding hydrogens is 328 g/mol. The van der Waals surface area contributed by atoms with Crippen LogP contribution in [-0.4, -0.2) is 30.2 Å². The highest BCUT2D eigenvalue weighted by Gasteiger charge is 2.11. The molecule has 0 unspecified atom stereocenters. The zero-order valence-electron chi connectivity index (χ0n) is 14.8. The molecule has 1 saturated heterocycles. The van der Waals surface area contributed by atoms with Crippen molar-refractivity contribution in [3.8, 4) is 0 Å². The first-order valence-electron chi connectivity index (χ1n) is 8.97. The van der Waals surface area contributed by atoms with Crippen molar-refractivity contribution in [2.45, 2.75) is 37.2 Å². The van der Waals surface area contributed by atoms with Crippen LogP contribution in [0.4, 0.5) is 0 Å². The predicted molar refractivity (Wildman–Crippen MR) is 105 cm³/mol. The molecule has 3 nitrogen and oxygen atoms in total. The van der Waals surface area contributed by atoms with E-state index in [-0.39, 0.29) is 5.91 Å². The summed E-state index contributed by atoms with van der Waals surface area (Å²) in [6.45, 7) is 4.03. The maximum atomic E-state index is 12.4. The molecule has 0 aromatic heterocycles. The van der Waals surface area contributed by atoms with E-state index < -0.39 is 0 Å². The third kappa shape index (κ3) is 5.10. The lowest BCUT2D eigenvalue weighted by Gasteiger charge is -2.26. The molecule has 2 aromatic carbocycles. The molecule has 0 atom stereocenters. The first kappa shape index (κ1) is 18.0. The summed E-state index contributed by atoms with van der Waals surface area (Å²) < 4.78 is 0. The summed E-state index contributed by atoms with van der Waals surface area (Å²) in [6.07, 6.45) is 6.01. The number of likely N-dealkylation sites (tertiary alicyclic amines) is 1. The zero-order chi connectivity index (χ0) is 17.5. The van der Waals surface area contributed by atoms with Crippen LogP contribution in [0.25, 0.3) is 0 Å². The average Bonchev–Trinajstić information content (AvgIpc) is 2.68. The van der Waals surface area contributed by atoms with Gasteiger partial charge in [-0.05, 0) is 55.4 Å². The monoisotopic (exact) mass is 354 g/mol. The van der Waals surface area contributed by atoms with Crippen molar-refractivity contribution in [2.24, 2.45) is 0 Å². The lowest BCUT2D eigenvalue weighted by atomic mass is 10.1. The normalized spacial score (nSPS) is 15.1. The number of thioether (sulfide) groups is 1. The molecule has 0 aliphatic carbocycles. The fourth-order valence-electron chi connectivity index (χ4n) is 3.25. The van der Waals surface area contributed by atoms with Gasteiger partial charge in [-0.2, -0.15) is 0 Å². The van der Waals surface area contributed by atoms with Gasteiger partial charge >= 0.3 is 0 Å². The number of hydrogen-bond donors (Lipinski definition) is 1. The summed E-state index contributed by atoms with van der Waals surface area (Å²) in [7, 11) is 0. The van der Waals surface area contributed by atoms with Crippen molar-refractivity contribution in [2.75, 3.05) is 19.3 Å². The highest BCUT2D eigenvalue weighted by molar-refractivity contribution is 7.98. The molecule has 1 N–H and O–H groups in total. The Bertz CT molecular complexity index is 693. The van der Waals surface area contributed by atoms with E-state index in [0.29, 0.717) is 6.54 Å².